The van der Waals surface area contributed by atoms with E-state index in [1.165, 1.54) is 31.5 Å². The van der Waals surface area contributed by atoms with Gasteiger partial charge < -0.3 is 15.5 Å². The maximum absolute atomic E-state index is 11.5. The number of hydrogen-bond donors (Lipinski definition) is 4. The van der Waals surface area contributed by atoms with Crippen LogP contribution in [-0.2, 0) is 19.4 Å². The van der Waals surface area contributed by atoms with E-state index in [-0.39, 0.29) is 35.4 Å². The zero-order chi connectivity index (χ0) is 20.5. The van der Waals surface area contributed by atoms with Crippen molar-refractivity contribution in [2.45, 2.75) is 38.3 Å². The van der Waals surface area contributed by atoms with Crippen molar-refractivity contribution >= 4 is 34.2 Å². The molecule has 1 heterocycles. The first-order valence-electron chi connectivity index (χ1n) is 8.26. The van der Waals surface area contributed by atoms with Crippen LogP contribution in [-0.4, -0.2) is 58.2 Å². The highest BCUT2D eigenvalue weighted by atomic mass is 35.5. The van der Waals surface area contributed by atoms with E-state index in [2.05, 4.69) is 20.5 Å². The summed E-state index contributed by atoms with van der Waals surface area (Å²) in [5, 5.41) is 26.1. The lowest BCUT2D eigenvalue weighted by Crippen LogP contribution is -2.28. The van der Waals surface area contributed by atoms with E-state index < -0.39 is 27.2 Å². The fourth-order valence-corrected chi connectivity index (χ4v) is 3.05. The van der Waals surface area contributed by atoms with Crippen molar-refractivity contribution < 1.29 is 28.2 Å². The average molecular weight is 437 g/mol. The first-order chi connectivity index (χ1) is 12.6. The second kappa shape index (κ2) is 11.6. The average Bonchev–Trinajstić information content (AvgIpc) is 3.15. The SMILES string of the molecule is CCCCNCS(=O)(=O)c1ncn[nH]1.C[C@@]1(C(=O)O)C=CC=C(C(=O)O)C1.Cl. The van der Waals surface area contributed by atoms with Crippen molar-refractivity contribution in [3.8, 4) is 0 Å². The molecule has 158 valence electrons. The van der Waals surface area contributed by atoms with Gasteiger partial charge in [-0.05, 0) is 26.3 Å². The van der Waals surface area contributed by atoms with Crippen LogP contribution in [0.4, 0.5) is 0 Å². The van der Waals surface area contributed by atoms with Crippen LogP contribution in [0.5, 0.6) is 0 Å². The molecular formula is C16H25ClN4O6S. The minimum atomic E-state index is -3.34. The van der Waals surface area contributed by atoms with Crippen molar-refractivity contribution in [1.29, 1.82) is 0 Å². The molecule has 0 saturated heterocycles. The fraction of sp³-hybridized carbons (Fsp3) is 0.500. The van der Waals surface area contributed by atoms with Gasteiger partial charge in [-0.2, -0.15) is 5.10 Å². The number of aromatic amines is 1. The van der Waals surface area contributed by atoms with Gasteiger partial charge in [0.05, 0.1) is 5.41 Å². The Morgan fingerprint density at radius 1 is 1.36 bits per heavy atom. The second-order valence-corrected chi connectivity index (χ2v) is 8.06. The number of hydrogen-bond acceptors (Lipinski definition) is 7. The lowest BCUT2D eigenvalue weighted by atomic mass is 9.80. The number of H-pyrrole nitrogens is 1. The molecular weight excluding hydrogens is 412 g/mol. The highest BCUT2D eigenvalue weighted by molar-refractivity contribution is 7.91. The highest BCUT2D eigenvalue weighted by Gasteiger charge is 2.34. The largest absolute Gasteiger partial charge is 0.481 e. The molecule has 0 radical (unpaired) electrons. The summed E-state index contributed by atoms with van der Waals surface area (Å²) in [7, 11) is -3.34. The second-order valence-electron chi connectivity index (χ2n) is 6.16. The summed E-state index contributed by atoms with van der Waals surface area (Å²) in [5.41, 5.74) is -0.949. The standard InChI is InChI=1S/C9H10O4.C7H14N4O2S.ClH/c1-9(8(12)13)4-2-3-6(5-9)7(10)11;1-2-3-4-8-6-14(12,13)7-9-5-10-11-7;/h2-4H,5H2,1H3,(H,10,11)(H,12,13);5,8H,2-4,6H2,1H3,(H,9,10,11);1H/t9-;;/m1../s1. The van der Waals surface area contributed by atoms with Crippen molar-refractivity contribution in [3.05, 3.63) is 30.1 Å². The predicted molar refractivity (Wildman–Crippen MR) is 104 cm³/mol. The number of sulfone groups is 1. The number of aliphatic carboxylic acids is 2. The molecule has 0 aromatic carbocycles. The molecule has 0 aliphatic heterocycles. The van der Waals surface area contributed by atoms with E-state index in [1.54, 1.807) is 0 Å². The van der Waals surface area contributed by atoms with Gasteiger partial charge in [0.1, 0.15) is 12.2 Å². The topological polar surface area (TPSA) is 162 Å². The van der Waals surface area contributed by atoms with Gasteiger partial charge in [-0.25, -0.2) is 18.2 Å². The normalized spacial score (nSPS) is 18.3. The highest BCUT2D eigenvalue weighted by Crippen LogP contribution is 2.31. The predicted octanol–water partition coefficient (Wildman–Crippen LogP) is 1.40. The van der Waals surface area contributed by atoms with E-state index >= 15 is 0 Å². The number of allylic oxidation sites excluding steroid dienone is 2. The summed E-state index contributed by atoms with van der Waals surface area (Å²) in [6.07, 6.45) is 7.62. The number of carboxylic acids is 2. The number of carboxylic acid groups (broad SMARTS) is 2. The molecule has 0 spiro atoms. The molecule has 4 N–H and O–H groups in total. The Bertz CT molecular complexity index is 807. The van der Waals surface area contributed by atoms with E-state index in [4.69, 9.17) is 10.2 Å². The number of aromatic nitrogens is 3. The molecule has 10 nitrogen and oxygen atoms in total. The van der Waals surface area contributed by atoms with Crippen LogP contribution in [0.15, 0.2) is 35.3 Å². The van der Waals surface area contributed by atoms with Gasteiger partial charge in [0.2, 0.25) is 15.0 Å². The summed E-state index contributed by atoms with van der Waals surface area (Å²) in [4.78, 5) is 24.9. The summed E-state index contributed by atoms with van der Waals surface area (Å²) in [6.45, 7) is 4.25. The molecule has 1 aromatic heterocycles. The number of nitrogens with zero attached hydrogens (tertiary/aromatic N) is 2. The van der Waals surface area contributed by atoms with Crippen LogP contribution >= 0.6 is 12.4 Å². The third kappa shape index (κ3) is 7.79. The van der Waals surface area contributed by atoms with Crippen LogP contribution in [0.3, 0.4) is 0 Å². The van der Waals surface area contributed by atoms with E-state index in [0.29, 0.717) is 6.54 Å². The molecule has 0 saturated carbocycles. The smallest absolute Gasteiger partial charge is 0.331 e. The molecule has 12 heteroatoms. The van der Waals surface area contributed by atoms with Gasteiger partial charge in [-0.3, -0.25) is 9.89 Å². The molecule has 1 aliphatic carbocycles. The van der Waals surface area contributed by atoms with Gasteiger partial charge in [0.15, 0.2) is 0 Å². The number of halogens is 1. The van der Waals surface area contributed by atoms with Crippen molar-refractivity contribution in [2.75, 3.05) is 12.4 Å². The minimum Gasteiger partial charge on any atom is -0.481 e. The molecule has 0 unspecified atom stereocenters. The Labute approximate surface area is 169 Å². The van der Waals surface area contributed by atoms with Gasteiger partial charge in [-0.1, -0.05) is 31.6 Å². The first-order valence-corrected chi connectivity index (χ1v) is 9.91. The third-order valence-corrected chi connectivity index (χ3v) is 5.14. The molecule has 0 bridgehead atoms. The zero-order valence-corrected chi connectivity index (χ0v) is 17.2. The van der Waals surface area contributed by atoms with Gasteiger partial charge >= 0.3 is 11.9 Å². The lowest BCUT2D eigenvalue weighted by Gasteiger charge is -2.23. The molecule has 1 aliphatic rings. The maximum Gasteiger partial charge on any atom is 0.331 e. The third-order valence-electron chi connectivity index (χ3n) is 3.77. The maximum atomic E-state index is 11.5. The lowest BCUT2D eigenvalue weighted by molar-refractivity contribution is -0.145. The van der Waals surface area contributed by atoms with Crippen molar-refractivity contribution in [3.63, 3.8) is 0 Å². The fourth-order valence-electron chi connectivity index (χ4n) is 2.10. The van der Waals surface area contributed by atoms with Crippen molar-refractivity contribution in [2.24, 2.45) is 5.41 Å². The van der Waals surface area contributed by atoms with E-state index in [9.17, 15) is 18.0 Å². The summed E-state index contributed by atoms with van der Waals surface area (Å²) in [5.74, 6) is -2.16. The Hall–Kier alpha value is -2.24. The van der Waals surface area contributed by atoms with Crippen molar-refractivity contribution in [1.82, 2.24) is 20.5 Å². The number of rotatable bonds is 8. The first kappa shape index (κ1) is 25.8. The Balaban J connectivity index is 0.000000504. The molecule has 28 heavy (non-hydrogen) atoms. The van der Waals surface area contributed by atoms with Crippen LogP contribution in [0.1, 0.15) is 33.1 Å². The van der Waals surface area contributed by atoms with Gasteiger partial charge in [0.25, 0.3) is 0 Å². The van der Waals surface area contributed by atoms with Gasteiger partial charge in [0, 0.05) is 5.57 Å². The van der Waals surface area contributed by atoms with E-state index in [1.807, 2.05) is 6.92 Å². The zero-order valence-electron chi connectivity index (χ0n) is 15.6. The molecule has 1 aromatic rings. The molecule has 2 rings (SSSR count). The Morgan fingerprint density at radius 2 is 2.04 bits per heavy atom. The van der Waals surface area contributed by atoms with Crippen LogP contribution in [0.2, 0.25) is 0 Å². The van der Waals surface area contributed by atoms with Crippen LogP contribution in [0, 0.1) is 5.41 Å². The Morgan fingerprint density at radius 3 is 2.54 bits per heavy atom. The summed E-state index contributed by atoms with van der Waals surface area (Å²) >= 11 is 0. The molecule has 0 amide bonds. The van der Waals surface area contributed by atoms with Crippen LogP contribution in [0.25, 0.3) is 0 Å². The van der Waals surface area contributed by atoms with Gasteiger partial charge in [-0.15, -0.1) is 12.4 Å². The number of nitrogens with one attached hydrogen (secondary N) is 2. The minimum absolute atomic E-state index is 0. The quantitative estimate of drug-likeness (QED) is 0.441. The monoisotopic (exact) mass is 436 g/mol. The summed E-state index contributed by atoms with van der Waals surface area (Å²) < 4.78 is 22.9. The molecule has 1 atom stereocenters. The number of unbranched alkanes of at least 4 members (excludes halogenated alkanes) is 1. The Kier molecular flexibility index (Phi) is 10.6. The molecule has 0 fully saturated rings. The number of carbonyl (C=O) groups is 2. The van der Waals surface area contributed by atoms with E-state index in [0.717, 1.165) is 12.8 Å². The summed E-state index contributed by atoms with van der Waals surface area (Å²) in [6, 6.07) is 0. The van der Waals surface area contributed by atoms with Crippen LogP contribution < -0.4 is 5.32 Å².